The summed E-state index contributed by atoms with van der Waals surface area (Å²) in [4.78, 5) is 0. The molecule has 3 rings (SSSR count). The van der Waals surface area contributed by atoms with Gasteiger partial charge in [0.15, 0.2) is 0 Å². The number of aliphatic hydroxyl groups is 1. The standard InChI is InChI=1S/C17H24O4/c18-10-14-6-8-16(20-14)17-9-7-15(21-17)12-19-11-13-4-2-1-3-5-13/h1-5,14-18H,6-12H2/t14-,15-,16-,17-/m0/s1. The maximum absolute atomic E-state index is 9.12. The number of rotatable bonds is 6. The Morgan fingerprint density at radius 2 is 1.62 bits per heavy atom. The van der Waals surface area contributed by atoms with Crippen molar-refractivity contribution in [2.24, 2.45) is 0 Å². The monoisotopic (exact) mass is 292 g/mol. The molecule has 2 fully saturated rings. The van der Waals surface area contributed by atoms with Gasteiger partial charge in [0, 0.05) is 0 Å². The minimum absolute atomic E-state index is 0.00646. The molecule has 0 bridgehead atoms. The average molecular weight is 292 g/mol. The number of ether oxygens (including phenoxy) is 3. The Bertz CT molecular complexity index is 422. The van der Waals surface area contributed by atoms with Crippen LogP contribution in [0.4, 0.5) is 0 Å². The summed E-state index contributed by atoms with van der Waals surface area (Å²) in [6.07, 6.45) is 4.50. The first-order valence-corrected chi connectivity index (χ1v) is 7.88. The van der Waals surface area contributed by atoms with Gasteiger partial charge in [-0.2, -0.15) is 0 Å². The van der Waals surface area contributed by atoms with E-state index in [0.717, 1.165) is 25.7 Å². The second kappa shape index (κ2) is 7.36. The van der Waals surface area contributed by atoms with Gasteiger partial charge in [-0.15, -0.1) is 0 Å². The van der Waals surface area contributed by atoms with Gasteiger partial charge in [-0.05, 0) is 31.2 Å². The van der Waals surface area contributed by atoms with E-state index in [4.69, 9.17) is 19.3 Å². The molecule has 0 radical (unpaired) electrons. The quantitative estimate of drug-likeness (QED) is 0.874. The van der Waals surface area contributed by atoms with Crippen molar-refractivity contribution in [1.29, 1.82) is 0 Å². The highest BCUT2D eigenvalue weighted by Gasteiger charge is 2.36. The zero-order valence-corrected chi connectivity index (χ0v) is 12.3. The minimum atomic E-state index is 0.00646. The van der Waals surface area contributed by atoms with Crippen LogP contribution in [0.3, 0.4) is 0 Å². The second-order valence-corrected chi connectivity index (χ2v) is 5.93. The van der Waals surface area contributed by atoms with Crippen LogP contribution in [0.5, 0.6) is 0 Å². The van der Waals surface area contributed by atoms with Gasteiger partial charge in [0.1, 0.15) is 0 Å². The summed E-state index contributed by atoms with van der Waals surface area (Å²) in [5, 5.41) is 9.12. The fraction of sp³-hybridized carbons (Fsp3) is 0.647. The maximum Gasteiger partial charge on any atom is 0.0842 e. The van der Waals surface area contributed by atoms with Gasteiger partial charge < -0.3 is 19.3 Å². The van der Waals surface area contributed by atoms with Crippen LogP contribution >= 0.6 is 0 Å². The van der Waals surface area contributed by atoms with Crippen molar-refractivity contribution in [1.82, 2.24) is 0 Å². The summed E-state index contributed by atoms with van der Waals surface area (Å²) in [6.45, 7) is 1.40. The van der Waals surface area contributed by atoms with Gasteiger partial charge >= 0.3 is 0 Å². The SMILES string of the molecule is OC[C@@H]1CC[C@@H]([C@@H]2CC[C@@H](COCc3ccccc3)O2)O1. The van der Waals surface area contributed by atoms with Crippen molar-refractivity contribution in [3.8, 4) is 0 Å². The summed E-state index contributed by atoms with van der Waals surface area (Å²) < 4.78 is 17.6. The highest BCUT2D eigenvalue weighted by molar-refractivity contribution is 5.13. The summed E-state index contributed by atoms with van der Waals surface area (Å²) in [5.41, 5.74) is 1.19. The maximum atomic E-state index is 9.12. The van der Waals surface area contributed by atoms with Crippen LogP contribution in [-0.2, 0) is 20.8 Å². The van der Waals surface area contributed by atoms with Gasteiger partial charge in [-0.25, -0.2) is 0 Å². The van der Waals surface area contributed by atoms with Crippen LogP contribution < -0.4 is 0 Å². The van der Waals surface area contributed by atoms with Gasteiger partial charge in [0.25, 0.3) is 0 Å². The Hall–Kier alpha value is -0.940. The van der Waals surface area contributed by atoms with E-state index in [1.165, 1.54) is 5.56 Å². The van der Waals surface area contributed by atoms with E-state index < -0.39 is 0 Å². The first-order chi connectivity index (χ1) is 10.3. The van der Waals surface area contributed by atoms with Gasteiger partial charge in [0.2, 0.25) is 0 Å². The van der Waals surface area contributed by atoms with E-state index in [-0.39, 0.29) is 31.0 Å². The molecule has 2 aliphatic rings. The Morgan fingerprint density at radius 3 is 2.29 bits per heavy atom. The molecule has 2 saturated heterocycles. The molecular weight excluding hydrogens is 268 g/mol. The Labute approximate surface area is 126 Å². The summed E-state index contributed by atoms with van der Waals surface area (Å²) in [5.74, 6) is 0. The van der Waals surface area contributed by atoms with E-state index >= 15 is 0 Å². The second-order valence-electron chi connectivity index (χ2n) is 5.93. The molecule has 1 aromatic carbocycles. The predicted octanol–water partition coefficient (Wildman–Crippen LogP) is 2.29. The third kappa shape index (κ3) is 4.04. The molecular formula is C17H24O4. The molecule has 0 amide bonds. The highest BCUT2D eigenvalue weighted by atomic mass is 16.6. The molecule has 1 aromatic rings. The van der Waals surface area contributed by atoms with Crippen molar-refractivity contribution < 1.29 is 19.3 Å². The lowest BCUT2D eigenvalue weighted by molar-refractivity contribution is -0.0886. The highest BCUT2D eigenvalue weighted by Crippen LogP contribution is 2.31. The predicted molar refractivity (Wildman–Crippen MR) is 79.0 cm³/mol. The molecule has 0 unspecified atom stereocenters. The van der Waals surface area contributed by atoms with Crippen molar-refractivity contribution in [3.05, 3.63) is 35.9 Å². The van der Waals surface area contributed by atoms with E-state index in [1.54, 1.807) is 0 Å². The van der Waals surface area contributed by atoms with Gasteiger partial charge in [-0.3, -0.25) is 0 Å². The van der Waals surface area contributed by atoms with Crippen molar-refractivity contribution in [2.75, 3.05) is 13.2 Å². The lowest BCUT2D eigenvalue weighted by Gasteiger charge is -2.20. The topological polar surface area (TPSA) is 47.9 Å². The zero-order valence-electron chi connectivity index (χ0n) is 12.3. The third-order valence-electron chi connectivity index (χ3n) is 4.31. The molecule has 0 aromatic heterocycles. The molecule has 0 saturated carbocycles. The van der Waals surface area contributed by atoms with Crippen LogP contribution in [0.25, 0.3) is 0 Å². The first kappa shape index (κ1) is 15.0. The Kier molecular flexibility index (Phi) is 5.25. The molecule has 116 valence electrons. The smallest absolute Gasteiger partial charge is 0.0842 e. The summed E-state index contributed by atoms with van der Waals surface area (Å²) >= 11 is 0. The average Bonchev–Trinajstić information content (AvgIpc) is 3.17. The lowest BCUT2D eigenvalue weighted by atomic mass is 10.1. The van der Waals surface area contributed by atoms with Crippen molar-refractivity contribution >= 4 is 0 Å². The van der Waals surface area contributed by atoms with E-state index in [0.29, 0.717) is 13.2 Å². The Morgan fingerprint density at radius 1 is 0.952 bits per heavy atom. The summed E-state index contributed by atoms with van der Waals surface area (Å²) in [7, 11) is 0. The van der Waals surface area contributed by atoms with E-state index in [2.05, 4.69) is 12.1 Å². The van der Waals surface area contributed by atoms with E-state index in [1.807, 2.05) is 18.2 Å². The van der Waals surface area contributed by atoms with Crippen LogP contribution in [0.1, 0.15) is 31.2 Å². The molecule has 2 aliphatic heterocycles. The molecule has 1 N–H and O–H groups in total. The van der Waals surface area contributed by atoms with Crippen LogP contribution in [-0.4, -0.2) is 42.7 Å². The van der Waals surface area contributed by atoms with Gasteiger partial charge in [-0.1, -0.05) is 30.3 Å². The minimum Gasteiger partial charge on any atom is -0.394 e. The number of aliphatic hydroxyl groups excluding tert-OH is 1. The molecule has 4 atom stereocenters. The third-order valence-corrected chi connectivity index (χ3v) is 4.31. The normalized spacial score (nSPS) is 32.6. The molecule has 0 spiro atoms. The van der Waals surface area contributed by atoms with Gasteiger partial charge in [0.05, 0.1) is 44.2 Å². The van der Waals surface area contributed by atoms with Crippen LogP contribution in [0, 0.1) is 0 Å². The number of benzene rings is 1. The summed E-state index contributed by atoms with van der Waals surface area (Å²) in [6, 6.07) is 10.2. The van der Waals surface area contributed by atoms with Crippen molar-refractivity contribution in [2.45, 2.75) is 56.7 Å². The zero-order chi connectivity index (χ0) is 14.5. The Balaban J connectivity index is 1.37. The van der Waals surface area contributed by atoms with Crippen molar-refractivity contribution in [3.63, 3.8) is 0 Å². The number of hydrogen-bond donors (Lipinski definition) is 1. The molecule has 4 heteroatoms. The lowest BCUT2D eigenvalue weighted by Crippen LogP contribution is -2.28. The number of hydrogen-bond acceptors (Lipinski definition) is 4. The molecule has 2 heterocycles. The van der Waals surface area contributed by atoms with E-state index in [9.17, 15) is 0 Å². The molecule has 4 nitrogen and oxygen atoms in total. The largest absolute Gasteiger partial charge is 0.394 e. The fourth-order valence-electron chi connectivity index (χ4n) is 3.15. The fourth-order valence-corrected chi connectivity index (χ4v) is 3.15. The molecule has 0 aliphatic carbocycles. The molecule has 21 heavy (non-hydrogen) atoms. The first-order valence-electron chi connectivity index (χ1n) is 7.88. The van der Waals surface area contributed by atoms with Crippen LogP contribution in [0.15, 0.2) is 30.3 Å². The van der Waals surface area contributed by atoms with Crippen LogP contribution in [0.2, 0.25) is 0 Å².